The first kappa shape index (κ1) is 11.4. The molecule has 0 aliphatic carbocycles. The monoisotopic (exact) mass is 212 g/mol. The predicted molar refractivity (Wildman–Crippen MR) is 62.0 cm³/mol. The zero-order valence-electron chi connectivity index (χ0n) is 10.4. The van der Waals surface area contributed by atoms with Crippen LogP contribution in [0.15, 0.2) is 0 Å². The highest BCUT2D eigenvalue weighted by atomic mass is 16.5. The number of nitrogens with zero attached hydrogens (tertiary/aromatic N) is 1. The minimum absolute atomic E-state index is 0.331. The van der Waals surface area contributed by atoms with Crippen LogP contribution >= 0.6 is 0 Å². The first-order chi connectivity index (χ1) is 7.05. The third-order valence-electron chi connectivity index (χ3n) is 4.45. The maximum absolute atomic E-state index is 5.89. The number of likely N-dealkylation sites (N-methyl/N-ethyl adjacent to an activating group) is 1. The van der Waals surface area contributed by atoms with Gasteiger partial charge in [-0.05, 0) is 13.0 Å². The van der Waals surface area contributed by atoms with Crippen LogP contribution in [0, 0.1) is 11.3 Å². The molecule has 3 nitrogen and oxygen atoms in total. The summed E-state index contributed by atoms with van der Waals surface area (Å²) in [6.45, 7) is 11.1. The van der Waals surface area contributed by atoms with Gasteiger partial charge in [0.2, 0.25) is 0 Å². The normalized spacial score (nSPS) is 43.0. The molecule has 2 rings (SSSR count). The fraction of sp³-hybridized carbons (Fsp3) is 1.00. The molecule has 2 saturated heterocycles. The van der Waals surface area contributed by atoms with E-state index in [0.717, 1.165) is 26.2 Å². The van der Waals surface area contributed by atoms with Crippen LogP contribution in [-0.4, -0.2) is 50.3 Å². The van der Waals surface area contributed by atoms with Crippen molar-refractivity contribution >= 4 is 0 Å². The molecule has 3 unspecified atom stereocenters. The minimum atomic E-state index is 0.331. The van der Waals surface area contributed by atoms with Gasteiger partial charge in [-0.25, -0.2) is 0 Å². The van der Waals surface area contributed by atoms with Crippen LogP contribution in [0.25, 0.3) is 0 Å². The number of hydrogen-bond donors (Lipinski definition) is 1. The molecule has 3 heteroatoms. The van der Waals surface area contributed by atoms with Crippen molar-refractivity contribution in [3.05, 3.63) is 0 Å². The van der Waals surface area contributed by atoms with Crippen molar-refractivity contribution in [2.24, 2.45) is 11.3 Å². The molecule has 2 heterocycles. The average Bonchev–Trinajstić information content (AvgIpc) is 2.17. The molecule has 0 bridgehead atoms. The Labute approximate surface area is 93.2 Å². The Morgan fingerprint density at radius 1 is 1.47 bits per heavy atom. The lowest BCUT2D eigenvalue weighted by atomic mass is 9.68. The summed E-state index contributed by atoms with van der Waals surface area (Å²) in [6, 6.07) is 0.576. The van der Waals surface area contributed by atoms with Crippen LogP contribution < -0.4 is 5.32 Å². The van der Waals surface area contributed by atoms with Gasteiger partial charge in [0, 0.05) is 31.1 Å². The van der Waals surface area contributed by atoms with E-state index in [1.807, 2.05) is 0 Å². The smallest absolute Gasteiger partial charge is 0.0860 e. The van der Waals surface area contributed by atoms with Gasteiger partial charge in [0.1, 0.15) is 0 Å². The molecular formula is C12H24N2O. The quantitative estimate of drug-likeness (QED) is 0.700. The Kier molecular flexibility index (Phi) is 3.06. The molecule has 0 saturated carbocycles. The van der Waals surface area contributed by atoms with E-state index in [1.54, 1.807) is 0 Å². The highest BCUT2D eigenvalue weighted by Gasteiger charge is 2.48. The molecule has 3 atom stereocenters. The lowest BCUT2D eigenvalue weighted by Crippen LogP contribution is -2.67. The molecule has 2 aliphatic rings. The molecule has 88 valence electrons. The van der Waals surface area contributed by atoms with Gasteiger partial charge in [0.25, 0.3) is 0 Å². The topological polar surface area (TPSA) is 24.5 Å². The summed E-state index contributed by atoms with van der Waals surface area (Å²) < 4.78 is 5.89. The summed E-state index contributed by atoms with van der Waals surface area (Å²) in [5.74, 6) is 0.682. The number of rotatable bonds is 1. The fourth-order valence-electron chi connectivity index (χ4n) is 3.09. The second-order valence-corrected chi connectivity index (χ2v) is 5.63. The molecule has 0 aromatic carbocycles. The van der Waals surface area contributed by atoms with Gasteiger partial charge in [0.05, 0.1) is 12.7 Å². The number of morpholine rings is 1. The SMILES string of the molecule is CC(C)C1(C)CNCC2OCCN(C)C21. The summed E-state index contributed by atoms with van der Waals surface area (Å²) in [5, 5.41) is 3.52. The van der Waals surface area contributed by atoms with E-state index < -0.39 is 0 Å². The Morgan fingerprint density at radius 3 is 2.87 bits per heavy atom. The number of fused-ring (bicyclic) bond motifs is 1. The molecule has 2 fully saturated rings. The summed E-state index contributed by atoms with van der Waals surface area (Å²) >= 11 is 0. The minimum Gasteiger partial charge on any atom is -0.374 e. The van der Waals surface area contributed by atoms with E-state index in [4.69, 9.17) is 4.74 Å². The Bertz CT molecular complexity index is 230. The van der Waals surface area contributed by atoms with E-state index in [9.17, 15) is 0 Å². The van der Waals surface area contributed by atoms with E-state index >= 15 is 0 Å². The highest BCUT2D eigenvalue weighted by molar-refractivity contribution is 5.02. The van der Waals surface area contributed by atoms with Gasteiger partial charge in [-0.1, -0.05) is 20.8 Å². The van der Waals surface area contributed by atoms with Crippen molar-refractivity contribution < 1.29 is 4.74 Å². The van der Waals surface area contributed by atoms with Crippen molar-refractivity contribution in [3.63, 3.8) is 0 Å². The van der Waals surface area contributed by atoms with Gasteiger partial charge >= 0.3 is 0 Å². The molecule has 0 aromatic rings. The van der Waals surface area contributed by atoms with Gasteiger partial charge < -0.3 is 10.1 Å². The van der Waals surface area contributed by atoms with E-state index in [1.165, 1.54) is 0 Å². The average molecular weight is 212 g/mol. The number of hydrogen-bond acceptors (Lipinski definition) is 3. The lowest BCUT2D eigenvalue weighted by molar-refractivity contribution is -0.129. The summed E-state index contributed by atoms with van der Waals surface area (Å²) in [5.41, 5.74) is 0.331. The third kappa shape index (κ3) is 1.81. The van der Waals surface area contributed by atoms with E-state index in [-0.39, 0.29) is 0 Å². The Morgan fingerprint density at radius 2 is 2.20 bits per heavy atom. The van der Waals surface area contributed by atoms with Crippen LogP contribution in [0.4, 0.5) is 0 Å². The van der Waals surface area contributed by atoms with Gasteiger partial charge in [0.15, 0.2) is 0 Å². The van der Waals surface area contributed by atoms with Crippen molar-refractivity contribution in [1.29, 1.82) is 0 Å². The fourth-order valence-corrected chi connectivity index (χ4v) is 3.09. The largest absolute Gasteiger partial charge is 0.374 e. The van der Waals surface area contributed by atoms with Crippen LogP contribution in [0.5, 0.6) is 0 Å². The second-order valence-electron chi connectivity index (χ2n) is 5.63. The van der Waals surface area contributed by atoms with Gasteiger partial charge in [-0.3, -0.25) is 4.90 Å². The first-order valence-electron chi connectivity index (χ1n) is 6.08. The van der Waals surface area contributed by atoms with Crippen molar-refractivity contribution in [2.75, 3.05) is 33.3 Å². The van der Waals surface area contributed by atoms with Gasteiger partial charge in [-0.2, -0.15) is 0 Å². The van der Waals surface area contributed by atoms with Crippen molar-refractivity contribution in [3.8, 4) is 0 Å². The van der Waals surface area contributed by atoms with Crippen LogP contribution in [-0.2, 0) is 4.74 Å². The van der Waals surface area contributed by atoms with E-state index in [0.29, 0.717) is 23.5 Å². The first-order valence-corrected chi connectivity index (χ1v) is 6.08. The van der Waals surface area contributed by atoms with Crippen LogP contribution in [0.3, 0.4) is 0 Å². The summed E-state index contributed by atoms with van der Waals surface area (Å²) in [7, 11) is 2.24. The van der Waals surface area contributed by atoms with Crippen molar-refractivity contribution in [1.82, 2.24) is 10.2 Å². The zero-order chi connectivity index (χ0) is 11.1. The lowest BCUT2D eigenvalue weighted by Gasteiger charge is -2.54. The van der Waals surface area contributed by atoms with Crippen LogP contribution in [0.1, 0.15) is 20.8 Å². The predicted octanol–water partition coefficient (Wildman–Crippen LogP) is 0.951. The highest BCUT2D eigenvalue weighted by Crippen LogP contribution is 2.39. The molecule has 0 radical (unpaired) electrons. The molecule has 2 aliphatic heterocycles. The standard InChI is InChI=1S/C12H24N2O/c1-9(2)12(3)8-13-7-10-11(12)14(4)5-6-15-10/h9-11,13H,5-8H2,1-4H3. The molecule has 15 heavy (non-hydrogen) atoms. The molecule has 0 aromatic heterocycles. The summed E-state index contributed by atoms with van der Waals surface area (Å²) in [4.78, 5) is 2.50. The summed E-state index contributed by atoms with van der Waals surface area (Å²) in [6.07, 6.45) is 0.380. The van der Waals surface area contributed by atoms with Crippen LogP contribution in [0.2, 0.25) is 0 Å². The number of piperidine rings is 1. The molecule has 1 N–H and O–H groups in total. The van der Waals surface area contributed by atoms with Gasteiger partial charge in [-0.15, -0.1) is 0 Å². The van der Waals surface area contributed by atoms with E-state index in [2.05, 4.69) is 38.0 Å². The number of ether oxygens (including phenoxy) is 1. The molecule has 0 amide bonds. The maximum atomic E-state index is 5.89. The third-order valence-corrected chi connectivity index (χ3v) is 4.45. The zero-order valence-corrected chi connectivity index (χ0v) is 10.4. The number of nitrogens with one attached hydrogen (secondary N) is 1. The second kappa shape index (κ2) is 4.04. The Balaban J connectivity index is 2.23. The Hall–Kier alpha value is -0.120. The molecule has 0 spiro atoms. The maximum Gasteiger partial charge on any atom is 0.0860 e. The van der Waals surface area contributed by atoms with Crippen molar-refractivity contribution in [2.45, 2.75) is 32.9 Å². The molecular weight excluding hydrogens is 188 g/mol.